The summed E-state index contributed by atoms with van der Waals surface area (Å²) in [6.45, 7) is 4.25. The molecule has 0 aliphatic heterocycles. The lowest BCUT2D eigenvalue weighted by atomic mass is 10.1. The molecular weight excluding hydrogens is 570 g/mol. The Hall–Kier alpha value is -2.75. The Morgan fingerprint density at radius 2 is 1.39 bits per heavy atom. The lowest BCUT2D eigenvalue weighted by Crippen LogP contribution is -2.00. The number of nitrogens with zero attached hydrogens (tertiary/aromatic N) is 6. The molecule has 0 bridgehead atoms. The van der Waals surface area contributed by atoms with Crippen molar-refractivity contribution in [3.8, 4) is 0 Å². The van der Waals surface area contributed by atoms with Gasteiger partial charge in [-0.1, -0.05) is 25.4 Å². The van der Waals surface area contributed by atoms with Crippen LogP contribution < -0.4 is 5.32 Å². The van der Waals surface area contributed by atoms with Crippen LogP contribution in [0.1, 0.15) is 25.3 Å². The van der Waals surface area contributed by atoms with Gasteiger partial charge in [0.05, 0.1) is 28.3 Å². The van der Waals surface area contributed by atoms with Crippen LogP contribution in [0, 0.1) is 0 Å². The van der Waals surface area contributed by atoms with Crippen LogP contribution in [0.3, 0.4) is 0 Å². The van der Waals surface area contributed by atoms with Crippen LogP contribution in [0.25, 0.3) is 22.1 Å². The van der Waals surface area contributed by atoms with Gasteiger partial charge in [0.25, 0.3) is 0 Å². The highest BCUT2D eigenvalue weighted by Gasteiger charge is 2.05. The fraction of sp³-hybridized carbons (Fsp3) is 0.130. The normalized spacial score (nSPS) is 10.8. The first kappa shape index (κ1) is 23.4. The second kappa shape index (κ2) is 10.5. The van der Waals surface area contributed by atoms with E-state index < -0.39 is 0 Å². The second-order valence-electron chi connectivity index (χ2n) is 7.37. The molecule has 0 amide bonds. The molecule has 0 saturated heterocycles. The Bertz CT molecular complexity index is 1390. The lowest BCUT2D eigenvalue weighted by Gasteiger charge is -2.08. The number of rotatable bonds is 3. The topological polar surface area (TPSA) is 89.4 Å². The average molecular weight is 588 g/mol. The summed E-state index contributed by atoms with van der Waals surface area (Å²) in [5.74, 6) is 1.82. The highest BCUT2D eigenvalue weighted by Crippen LogP contribution is 2.21. The fourth-order valence-corrected chi connectivity index (χ4v) is 3.69. The molecule has 5 heterocycles. The molecule has 0 fully saturated rings. The highest BCUT2D eigenvalue weighted by atomic mass is 79.9. The summed E-state index contributed by atoms with van der Waals surface area (Å²) >= 11 is 12.4. The molecule has 0 spiro atoms. The van der Waals surface area contributed by atoms with E-state index in [1.165, 1.54) is 0 Å². The number of anilines is 2. The number of halogens is 3. The Kier molecular flexibility index (Phi) is 7.42. The van der Waals surface area contributed by atoms with E-state index in [9.17, 15) is 0 Å². The molecule has 5 aromatic rings. The van der Waals surface area contributed by atoms with Gasteiger partial charge in [-0.05, 0) is 85.8 Å². The van der Waals surface area contributed by atoms with E-state index in [-0.39, 0.29) is 0 Å². The fourth-order valence-electron chi connectivity index (χ4n) is 2.90. The maximum Gasteiger partial charge on any atom is 0.154 e. The summed E-state index contributed by atoms with van der Waals surface area (Å²) in [4.78, 5) is 17.1. The lowest BCUT2D eigenvalue weighted by molar-refractivity contribution is 0.843. The summed E-state index contributed by atoms with van der Waals surface area (Å²) < 4.78 is 1.81. The smallest absolute Gasteiger partial charge is 0.154 e. The van der Waals surface area contributed by atoms with Crippen LogP contribution in [0.5, 0.6) is 0 Å². The molecule has 0 saturated carbocycles. The van der Waals surface area contributed by atoms with Crippen molar-refractivity contribution in [1.29, 1.82) is 0 Å². The SMILES string of the molecule is CC(C)c1cnnc(Nc2ccc3ncc(Br)cc3n2)c1.Clc1ccc2ncc(Br)cc2n1. The molecule has 0 aliphatic rings. The first-order valence-electron chi connectivity index (χ1n) is 9.97. The van der Waals surface area contributed by atoms with Crippen LogP contribution in [0.2, 0.25) is 5.15 Å². The number of hydrogen-bond donors (Lipinski definition) is 1. The third-order valence-electron chi connectivity index (χ3n) is 4.57. The highest BCUT2D eigenvalue weighted by molar-refractivity contribution is 9.10. The van der Waals surface area contributed by atoms with Crippen molar-refractivity contribution in [3.63, 3.8) is 0 Å². The minimum Gasteiger partial charge on any atom is -0.323 e. The molecule has 10 heteroatoms. The Labute approximate surface area is 212 Å². The predicted octanol–water partition coefficient (Wildman–Crippen LogP) is 7.10. The van der Waals surface area contributed by atoms with Gasteiger partial charge in [0.15, 0.2) is 5.82 Å². The van der Waals surface area contributed by atoms with Crippen molar-refractivity contribution in [2.75, 3.05) is 5.32 Å². The van der Waals surface area contributed by atoms with Gasteiger partial charge in [-0.2, -0.15) is 5.10 Å². The third kappa shape index (κ3) is 6.19. The number of pyridine rings is 4. The first-order chi connectivity index (χ1) is 15.9. The summed E-state index contributed by atoms with van der Waals surface area (Å²) in [6, 6.07) is 13.2. The molecule has 0 aliphatic carbocycles. The minimum absolute atomic E-state index is 0.408. The van der Waals surface area contributed by atoms with Gasteiger partial charge in [-0.25, -0.2) is 9.97 Å². The maximum atomic E-state index is 5.72. The third-order valence-corrected chi connectivity index (χ3v) is 5.65. The van der Waals surface area contributed by atoms with Gasteiger partial charge in [0, 0.05) is 21.3 Å². The Morgan fingerprint density at radius 1 is 0.758 bits per heavy atom. The van der Waals surface area contributed by atoms with E-state index >= 15 is 0 Å². The van der Waals surface area contributed by atoms with Crippen molar-refractivity contribution < 1.29 is 0 Å². The zero-order chi connectivity index (χ0) is 23.4. The zero-order valence-corrected chi connectivity index (χ0v) is 21.6. The van der Waals surface area contributed by atoms with Gasteiger partial charge in [0.1, 0.15) is 11.0 Å². The average Bonchev–Trinajstić information content (AvgIpc) is 2.79. The van der Waals surface area contributed by atoms with Gasteiger partial charge >= 0.3 is 0 Å². The molecular formula is C23H18Br2ClN7. The van der Waals surface area contributed by atoms with Gasteiger partial charge in [-0.15, -0.1) is 5.10 Å². The van der Waals surface area contributed by atoms with Crippen molar-refractivity contribution in [2.24, 2.45) is 0 Å². The molecule has 0 atom stereocenters. The summed E-state index contributed by atoms with van der Waals surface area (Å²) in [6.07, 6.45) is 5.28. The number of aromatic nitrogens is 6. The summed E-state index contributed by atoms with van der Waals surface area (Å²) in [5.41, 5.74) is 4.46. The van der Waals surface area contributed by atoms with Crippen molar-refractivity contribution in [2.45, 2.75) is 19.8 Å². The van der Waals surface area contributed by atoms with Gasteiger partial charge < -0.3 is 5.32 Å². The van der Waals surface area contributed by atoms with E-state index in [0.29, 0.717) is 16.9 Å². The summed E-state index contributed by atoms with van der Waals surface area (Å²) in [5, 5.41) is 11.8. The first-order valence-corrected chi connectivity index (χ1v) is 11.9. The quantitative estimate of drug-likeness (QED) is 0.225. The number of nitrogens with one attached hydrogen (secondary N) is 1. The van der Waals surface area contributed by atoms with E-state index in [1.807, 2.05) is 36.4 Å². The van der Waals surface area contributed by atoms with Crippen LogP contribution in [0.15, 0.2) is 70.0 Å². The van der Waals surface area contributed by atoms with Crippen LogP contribution in [-0.4, -0.2) is 30.1 Å². The molecule has 0 radical (unpaired) electrons. The van der Waals surface area contributed by atoms with E-state index in [4.69, 9.17) is 11.6 Å². The zero-order valence-electron chi connectivity index (χ0n) is 17.7. The molecule has 0 aromatic carbocycles. The maximum absolute atomic E-state index is 5.72. The molecule has 1 N–H and O–H groups in total. The Morgan fingerprint density at radius 3 is 2.06 bits per heavy atom. The van der Waals surface area contributed by atoms with Crippen LogP contribution in [0.4, 0.5) is 11.6 Å². The number of fused-ring (bicyclic) bond motifs is 2. The van der Waals surface area contributed by atoms with E-state index in [1.54, 1.807) is 24.7 Å². The van der Waals surface area contributed by atoms with Crippen LogP contribution >= 0.6 is 43.5 Å². The molecule has 7 nitrogen and oxygen atoms in total. The summed E-state index contributed by atoms with van der Waals surface area (Å²) in [7, 11) is 0. The molecule has 33 heavy (non-hydrogen) atoms. The second-order valence-corrected chi connectivity index (χ2v) is 9.59. The predicted molar refractivity (Wildman–Crippen MR) is 139 cm³/mol. The minimum atomic E-state index is 0.408. The van der Waals surface area contributed by atoms with E-state index in [2.05, 4.69) is 81.2 Å². The molecule has 5 aromatic heterocycles. The molecule has 166 valence electrons. The molecule has 5 rings (SSSR count). The monoisotopic (exact) mass is 585 g/mol. The van der Waals surface area contributed by atoms with Crippen molar-refractivity contribution in [1.82, 2.24) is 30.1 Å². The van der Waals surface area contributed by atoms with E-state index in [0.717, 1.165) is 42.4 Å². The Balaban J connectivity index is 0.000000183. The molecule has 0 unspecified atom stereocenters. The van der Waals surface area contributed by atoms with Gasteiger partial charge in [0.2, 0.25) is 0 Å². The largest absolute Gasteiger partial charge is 0.323 e. The number of hydrogen-bond acceptors (Lipinski definition) is 7. The van der Waals surface area contributed by atoms with Gasteiger partial charge in [-0.3, -0.25) is 9.97 Å². The van der Waals surface area contributed by atoms with Crippen LogP contribution in [-0.2, 0) is 0 Å². The van der Waals surface area contributed by atoms with Crippen molar-refractivity contribution >= 4 is 77.2 Å². The van der Waals surface area contributed by atoms with Crippen molar-refractivity contribution in [3.05, 3.63) is 80.7 Å². The standard InChI is InChI=1S/C15H14BrN5.C8H4BrClN2/c1-9(2)10-5-15(21-18-7-10)20-14-4-3-12-13(19-14)6-11(16)8-17-12;9-5-3-7-6(11-4-5)1-2-8(10)12-7/h3-9H,1-2H3,(H,19,20,21);1-4H.